The Bertz CT molecular complexity index is 2560. The Morgan fingerprint density at radius 3 is 2.32 bits per heavy atom. The molecule has 0 spiro atoms. The number of methoxy groups -OCH3 is 3. The molecule has 7 rings (SSSR count). The van der Waals surface area contributed by atoms with E-state index in [0.717, 1.165) is 22.8 Å². The number of aromatic nitrogens is 8. The number of rotatable bonds is 15. The van der Waals surface area contributed by atoms with Gasteiger partial charge in [-0.3, -0.25) is 14.5 Å². The van der Waals surface area contributed by atoms with Gasteiger partial charge in [0.15, 0.2) is 17.1 Å². The number of halogens is 2. The summed E-state index contributed by atoms with van der Waals surface area (Å²) in [6.45, 7) is 3.81. The van der Waals surface area contributed by atoms with Crippen molar-refractivity contribution < 1.29 is 32.5 Å². The Kier molecular flexibility index (Phi) is 11.2. The van der Waals surface area contributed by atoms with Crippen molar-refractivity contribution >= 4 is 16.8 Å². The highest BCUT2D eigenvalue weighted by Crippen LogP contribution is 2.34. The van der Waals surface area contributed by atoms with Crippen LogP contribution in [0.15, 0.2) is 97.2 Å². The number of nitrogens with zero attached hydrogens (tertiary/aromatic N) is 8. The van der Waals surface area contributed by atoms with Crippen molar-refractivity contribution in [2.75, 3.05) is 21.3 Å². The highest BCUT2D eigenvalue weighted by molar-refractivity contribution is 6.05. The van der Waals surface area contributed by atoms with Crippen LogP contribution in [0.4, 0.5) is 8.78 Å². The van der Waals surface area contributed by atoms with Crippen LogP contribution in [0.2, 0.25) is 0 Å². The summed E-state index contributed by atoms with van der Waals surface area (Å²) in [5.41, 5.74) is 4.49. The Hall–Kier alpha value is -7.10. The first-order chi connectivity index (χ1) is 27.6. The summed E-state index contributed by atoms with van der Waals surface area (Å²) in [7, 11) is 4.70. The molecule has 0 aliphatic heterocycles. The lowest BCUT2D eigenvalue weighted by Crippen LogP contribution is -2.24. The van der Waals surface area contributed by atoms with Gasteiger partial charge in [0.2, 0.25) is 5.82 Å². The van der Waals surface area contributed by atoms with Gasteiger partial charge in [-0.25, -0.2) is 4.68 Å². The van der Waals surface area contributed by atoms with Crippen molar-refractivity contribution in [1.82, 2.24) is 44.6 Å². The molecule has 0 saturated heterocycles. The monoisotopic (exact) mass is 775 g/mol. The Morgan fingerprint density at radius 1 is 0.842 bits per heavy atom. The number of benzene rings is 3. The summed E-state index contributed by atoms with van der Waals surface area (Å²) in [4.78, 5) is 23.4. The van der Waals surface area contributed by atoms with Gasteiger partial charge in [-0.05, 0) is 55.3 Å². The highest BCUT2D eigenvalue weighted by Gasteiger charge is 2.27. The van der Waals surface area contributed by atoms with E-state index in [1.54, 1.807) is 57.3 Å². The van der Waals surface area contributed by atoms with Crippen LogP contribution in [0.1, 0.15) is 38.6 Å². The minimum absolute atomic E-state index is 0.125. The molecule has 0 saturated carbocycles. The molecule has 4 aromatic heterocycles. The molecule has 7 aromatic rings. The first-order valence-electron chi connectivity index (χ1n) is 17.8. The van der Waals surface area contributed by atoms with Crippen LogP contribution < -0.4 is 24.3 Å². The number of nitrogens with one attached hydrogen (secondary N) is 1. The van der Waals surface area contributed by atoms with Gasteiger partial charge in [0, 0.05) is 35.3 Å². The molecule has 0 atom stereocenters. The van der Waals surface area contributed by atoms with E-state index in [0.29, 0.717) is 45.3 Å². The van der Waals surface area contributed by atoms with Crippen molar-refractivity contribution in [3.05, 3.63) is 131 Å². The van der Waals surface area contributed by atoms with E-state index in [9.17, 15) is 13.6 Å². The predicted molar refractivity (Wildman–Crippen MR) is 207 cm³/mol. The van der Waals surface area contributed by atoms with E-state index < -0.39 is 12.0 Å². The molecular weight excluding hydrogens is 737 g/mol. The van der Waals surface area contributed by atoms with Crippen molar-refractivity contribution in [2.45, 2.75) is 40.1 Å². The maximum absolute atomic E-state index is 14.0. The van der Waals surface area contributed by atoms with Gasteiger partial charge in [-0.2, -0.15) is 28.6 Å². The van der Waals surface area contributed by atoms with Crippen LogP contribution in [0, 0.1) is 13.8 Å². The zero-order valence-electron chi connectivity index (χ0n) is 31.9. The number of carbonyl (C=O) groups excluding carboxylic acids is 1. The lowest BCUT2D eigenvalue weighted by molar-refractivity contribution is 0.0946. The van der Waals surface area contributed by atoms with E-state index in [1.807, 2.05) is 67.6 Å². The van der Waals surface area contributed by atoms with Gasteiger partial charge in [0.1, 0.15) is 29.5 Å². The molecular formula is C41H39F2N9O5. The molecule has 0 radical (unpaired) electrons. The smallest absolute Gasteiger partial charge is 0.272 e. The first-order valence-corrected chi connectivity index (χ1v) is 17.8. The van der Waals surface area contributed by atoms with Crippen LogP contribution in [-0.4, -0.2) is 66.5 Å². The van der Waals surface area contributed by atoms with Gasteiger partial charge >= 0.3 is 0 Å². The average molecular weight is 776 g/mol. The lowest BCUT2D eigenvalue weighted by Gasteiger charge is -2.11. The Labute approximate surface area is 326 Å². The van der Waals surface area contributed by atoms with Gasteiger partial charge < -0.3 is 24.3 Å². The number of allylic oxidation sites excluding steroid dienone is 1. The maximum Gasteiger partial charge on any atom is 0.272 e. The van der Waals surface area contributed by atoms with Crippen LogP contribution in [0.3, 0.4) is 0 Å². The van der Waals surface area contributed by atoms with Crippen molar-refractivity contribution in [2.24, 2.45) is 0 Å². The van der Waals surface area contributed by atoms with Crippen LogP contribution in [0.25, 0.3) is 28.4 Å². The summed E-state index contributed by atoms with van der Waals surface area (Å²) < 4.78 is 54.0. The minimum Gasteiger partial charge on any atom is -0.497 e. The second kappa shape index (κ2) is 16.7. The fourth-order valence-electron chi connectivity index (χ4n) is 6.27. The second-order valence-corrected chi connectivity index (χ2v) is 12.9. The van der Waals surface area contributed by atoms with E-state index in [4.69, 9.17) is 34.1 Å². The summed E-state index contributed by atoms with van der Waals surface area (Å²) in [5.74, 6) is 2.08. The SMILES string of the molecule is COc1ccc(Cn2nc(-c3c(OCc4ccccc4)c(C)nn3CC=C(F)F)nc2-n2nc(C(=O)NCc3ccc(OC)cc3OC)c3cc(C)ncc32)cc1. The number of pyridine rings is 1. The maximum atomic E-state index is 14.0. The molecule has 0 aliphatic carbocycles. The molecule has 0 bridgehead atoms. The summed E-state index contributed by atoms with van der Waals surface area (Å²) in [6.07, 6.45) is 0.514. The molecule has 4 heterocycles. The zero-order chi connectivity index (χ0) is 40.1. The number of hydrogen-bond donors (Lipinski definition) is 1. The number of fused-ring (bicyclic) bond motifs is 1. The topological polar surface area (TPSA) is 145 Å². The number of carbonyl (C=O) groups is 1. The third-order valence-electron chi connectivity index (χ3n) is 9.11. The predicted octanol–water partition coefficient (Wildman–Crippen LogP) is 6.86. The standard InChI is InChI=1S/C41H39F2N9O5/c1-25-19-32-33(22-44-25)52(48-36(32)40(53)45-21-29-13-16-31(55-4)20-34(29)56-5)41-46-39(49-51(41)23-27-11-14-30(54-3)15-12-27)37-38(57-24-28-9-7-6-8-10-28)26(2)47-50(37)18-17-35(42)43/h6-17,19-20,22H,18,21,23-24H2,1-5H3,(H,45,53). The van der Waals surface area contributed by atoms with Gasteiger partial charge in [0.05, 0.1) is 46.1 Å². The second-order valence-electron chi connectivity index (χ2n) is 12.9. The van der Waals surface area contributed by atoms with Gasteiger partial charge in [0.25, 0.3) is 17.9 Å². The number of aryl methyl sites for hydroxylation is 2. The molecule has 3 aromatic carbocycles. The van der Waals surface area contributed by atoms with E-state index in [-0.39, 0.29) is 49.4 Å². The number of amides is 1. The van der Waals surface area contributed by atoms with Gasteiger partial charge in [-0.15, -0.1) is 5.10 Å². The summed E-state index contributed by atoms with van der Waals surface area (Å²) in [6, 6.07) is 24.1. The molecule has 0 aliphatic rings. The highest BCUT2D eigenvalue weighted by atomic mass is 19.3. The number of hydrogen-bond acceptors (Lipinski definition) is 10. The van der Waals surface area contributed by atoms with E-state index >= 15 is 0 Å². The quantitative estimate of drug-likeness (QED) is 0.117. The lowest BCUT2D eigenvalue weighted by atomic mass is 10.1. The summed E-state index contributed by atoms with van der Waals surface area (Å²) >= 11 is 0. The molecule has 292 valence electrons. The van der Waals surface area contributed by atoms with Gasteiger partial charge in [-0.1, -0.05) is 42.5 Å². The minimum atomic E-state index is -1.86. The van der Waals surface area contributed by atoms with Crippen LogP contribution in [-0.2, 0) is 26.2 Å². The molecule has 0 unspecified atom stereocenters. The molecule has 1 N–H and O–H groups in total. The normalized spacial score (nSPS) is 11.1. The molecule has 57 heavy (non-hydrogen) atoms. The first kappa shape index (κ1) is 38.2. The van der Waals surface area contributed by atoms with E-state index in [1.165, 1.54) is 9.36 Å². The Balaban J connectivity index is 1.34. The van der Waals surface area contributed by atoms with Crippen LogP contribution >= 0.6 is 0 Å². The van der Waals surface area contributed by atoms with Crippen molar-refractivity contribution in [1.29, 1.82) is 0 Å². The van der Waals surface area contributed by atoms with Crippen LogP contribution in [0.5, 0.6) is 23.0 Å². The largest absolute Gasteiger partial charge is 0.497 e. The Morgan fingerprint density at radius 2 is 1.60 bits per heavy atom. The van der Waals surface area contributed by atoms with Crippen molar-refractivity contribution in [3.63, 3.8) is 0 Å². The molecule has 0 fully saturated rings. The third kappa shape index (κ3) is 8.29. The molecule has 14 nitrogen and oxygen atoms in total. The fraction of sp³-hybridized carbons (Fsp3) is 0.220. The zero-order valence-corrected chi connectivity index (χ0v) is 31.9. The number of ether oxygens (including phenoxy) is 4. The summed E-state index contributed by atoms with van der Waals surface area (Å²) in [5, 5.41) is 17.8. The van der Waals surface area contributed by atoms with Crippen molar-refractivity contribution in [3.8, 4) is 40.5 Å². The third-order valence-corrected chi connectivity index (χ3v) is 9.11. The molecule has 16 heteroatoms. The fourth-order valence-corrected chi connectivity index (χ4v) is 6.27. The average Bonchev–Trinajstić information content (AvgIpc) is 3.90. The van der Waals surface area contributed by atoms with E-state index in [2.05, 4.69) is 15.4 Å². The molecule has 1 amide bonds.